The third-order valence-corrected chi connectivity index (χ3v) is 5.66. The number of hydrogen-bond acceptors (Lipinski definition) is 7. The number of hydrazone groups is 1. The second-order valence-electron chi connectivity index (χ2n) is 7.02. The Hall–Kier alpha value is -2.91. The molecule has 30 heavy (non-hydrogen) atoms. The van der Waals surface area contributed by atoms with E-state index >= 15 is 0 Å². The Morgan fingerprint density at radius 3 is 2.93 bits per heavy atom. The van der Waals surface area contributed by atoms with Crippen LogP contribution in [0.25, 0.3) is 11.4 Å². The summed E-state index contributed by atoms with van der Waals surface area (Å²) in [5.41, 5.74) is 4.67. The molecular weight excluding hydrogens is 402 g/mol. The number of thioether (sulfide) groups is 1. The highest BCUT2D eigenvalue weighted by atomic mass is 32.2. The van der Waals surface area contributed by atoms with Crippen molar-refractivity contribution in [2.24, 2.45) is 5.10 Å². The molecule has 1 unspecified atom stereocenters. The number of nitrogens with zero attached hydrogens (tertiary/aromatic N) is 4. The smallest absolute Gasteiger partial charge is 0.250 e. The van der Waals surface area contributed by atoms with Crippen LogP contribution < -0.4 is 5.43 Å². The normalized spacial score (nSPS) is 16.4. The van der Waals surface area contributed by atoms with Gasteiger partial charge in [-0.25, -0.2) is 5.43 Å². The van der Waals surface area contributed by atoms with Crippen molar-refractivity contribution >= 4 is 23.9 Å². The van der Waals surface area contributed by atoms with Gasteiger partial charge < -0.3 is 9.15 Å². The van der Waals surface area contributed by atoms with E-state index in [2.05, 4.69) is 39.8 Å². The summed E-state index contributed by atoms with van der Waals surface area (Å²) < 4.78 is 13.0. The molecule has 1 fully saturated rings. The number of aryl methyl sites for hydroxylation is 1. The molecule has 2 aromatic heterocycles. The Balaban J connectivity index is 1.44. The zero-order chi connectivity index (χ0) is 20.8. The number of carbonyl (C=O) groups is 1. The molecule has 9 heteroatoms. The average Bonchev–Trinajstić information content (AvgIpc) is 3.50. The van der Waals surface area contributed by atoms with Gasteiger partial charge in [0, 0.05) is 12.2 Å². The van der Waals surface area contributed by atoms with Crippen LogP contribution in [0.3, 0.4) is 0 Å². The Morgan fingerprint density at radius 1 is 1.33 bits per heavy atom. The van der Waals surface area contributed by atoms with Gasteiger partial charge in [0.15, 0.2) is 11.0 Å². The van der Waals surface area contributed by atoms with E-state index in [4.69, 9.17) is 9.15 Å². The third kappa shape index (κ3) is 5.17. The van der Waals surface area contributed by atoms with Gasteiger partial charge in [-0.05, 0) is 31.9 Å². The van der Waals surface area contributed by atoms with Gasteiger partial charge >= 0.3 is 0 Å². The molecule has 0 spiro atoms. The third-order valence-electron chi connectivity index (χ3n) is 4.69. The van der Waals surface area contributed by atoms with E-state index in [-0.39, 0.29) is 17.8 Å². The lowest BCUT2D eigenvalue weighted by atomic mass is 10.1. The van der Waals surface area contributed by atoms with Crippen LogP contribution in [0.15, 0.2) is 57.3 Å². The molecule has 1 atom stereocenters. The lowest BCUT2D eigenvalue weighted by molar-refractivity contribution is -0.118. The molecule has 0 aliphatic carbocycles. The number of hydrogen-bond donors (Lipinski definition) is 1. The van der Waals surface area contributed by atoms with Crippen molar-refractivity contribution in [3.05, 3.63) is 54.0 Å². The van der Waals surface area contributed by atoms with Gasteiger partial charge in [0.25, 0.3) is 5.91 Å². The Labute approximate surface area is 178 Å². The van der Waals surface area contributed by atoms with Gasteiger partial charge in [-0.2, -0.15) is 5.10 Å². The van der Waals surface area contributed by atoms with Crippen molar-refractivity contribution in [2.45, 2.75) is 37.6 Å². The Bertz CT molecular complexity index is 992. The van der Waals surface area contributed by atoms with Gasteiger partial charge in [-0.3, -0.25) is 9.36 Å². The van der Waals surface area contributed by atoms with E-state index in [0.717, 1.165) is 30.8 Å². The SMILES string of the molecule is Cc1ccc(-c2nnc(SCC(=O)N/N=C/c3ccco3)n2CC2CCCO2)cc1. The molecule has 0 saturated carbocycles. The number of nitrogens with one attached hydrogen (secondary N) is 1. The van der Waals surface area contributed by atoms with E-state index in [1.165, 1.54) is 23.5 Å². The molecule has 0 bridgehead atoms. The summed E-state index contributed by atoms with van der Waals surface area (Å²) >= 11 is 1.33. The summed E-state index contributed by atoms with van der Waals surface area (Å²) in [6.07, 6.45) is 5.21. The zero-order valence-corrected chi connectivity index (χ0v) is 17.5. The monoisotopic (exact) mass is 425 g/mol. The lowest BCUT2D eigenvalue weighted by Gasteiger charge is -2.14. The fraction of sp³-hybridized carbons (Fsp3) is 0.333. The Kier molecular flexibility index (Phi) is 6.60. The van der Waals surface area contributed by atoms with Crippen LogP contribution in [-0.4, -0.2) is 45.3 Å². The van der Waals surface area contributed by atoms with Crippen LogP contribution in [0.2, 0.25) is 0 Å². The molecule has 1 aliphatic heterocycles. The molecule has 0 radical (unpaired) electrons. The summed E-state index contributed by atoms with van der Waals surface area (Å²) in [6, 6.07) is 11.7. The second-order valence-corrected chi connectivity index (χ2v) is 7.96. The Morgan fingerprint density at radius 2 is 2.20 bits per heavy atom. The van der Waals surface area contributed by atoms with Crippen molar-refractivity contribution < 1.29 is 13.9 Å². The number of amides is 1. The first kappa shape index (κ1) is 20.4. The van der Waals surface area contributed by atoms with E-state index in [9.17, 15) is 4.79 Å². The predicted octanol–water partition coefficient (Wildman–Crippen LogP) is 3.27. The fourth-order valence-electron chi connectivity index (χ4n) is 3.16. The quantitative estimate of drug-likeness (QED) is 0.338. The first-order valence-corrected chi connectivity index (χ1v) is 10.8. The van der Waals surface area contributed by atoms with Gasteiger partial charge in [-0.15, -0.1) is 10.2 Å². The van der Waals surface area contributed by atoms with Crippen molar-refractivity contribution in [3.8, 4) is 11.4 Å². The summed E-state index contributed by atoms with van der Waals surface area (Å²) in [6.45, 7) is 3.50. The van der Waals surface area contributed by atoms with Crippen LogP contribution in [0.4, 0.5) is 0 Å². The molecular formula is C21H23N5O3S. The lowest BCUT2D eigenvalue weighted by Crippen LogP contribution is -2.21. The first-order chi connectivity index (χ1) is 14.7. The van der Waals surface area contributed by atoms with Gasteiger partial charge in [0.1, 0.15) is 5.76 Å². The molecule has 1 saturated heterocycles. The van der Waals surface area contributed by atoms with Crippen molar-refractivity contribution in [3.63, 3.8) is 0 Å². The van der Waals surface area contributed by atoms with Crippen molar-refractivity contribution in [2.75, 3.05) is 12.4 Å². The standard InChI is InChI=1S/C21H23N5O3S/c1-15-6-8-16(9-7-15)20-24-25-21(26(20)13-18-5-3-11-29-18)30-14-19(27)23-22-12-17-4-2-10-28-17/h2,4,6-10,12,18H,3,5,11,13-14H2,1H3,(H,23,27)/b22-12+. The molecule has 1 aliphatic rings. The molecule has 1 aromatic carbocycles. The van der Waals surface area contributed by atoms with E-state index in [1.807, 2.05) is 16.7 Å². The van der Waals surface area contributed by atoms with Crippen LogP contribution in [0.1, 0.15) is 24.2 Å². The molecule has 1 N–H and O–H groups in total. The molecule has 4 rings (SSSR count). The topological polar surface area (TPSA) is 94.5 Å². The van der Waals surface area contributed by atoms with Crippen molar-refractivity contribution in [1.82, 2.24) is 20.2 Å². The minimum absolute atomic E-state index is 0.135. The van der Waals surface area contributed by atoms with Crippen LogP contribution in [0.5, 0.6) is 0 Å². The summed E-state index contributed by atoms with van der Waals surface area (Å²) in [4.78, 5) is 12.2. The molecule has 156 valence electrons. The minimum atomic E-state index is -0.230. The highest BCUT2D eigenvalue weighted by molar-refractivity contribution is 7.99. The van der Waals surface area contributed by atoms with Crippen LogP contribution >= 0.6 is 11.8 Å². The van der Waals surface area contributed by atoms with Gasteiger partial charge in [-0.1, -0.05) is 41.6 Å². The maximum absolute atomic E-state index is 12.2. The number of rotatable bonds is 8. The van der Waals surface area contributed by atoms with Gasteiger partial charge in [0.05, 0.1) is 30.9 Å². The molecule has 8 nitrogen and oxygen atoms in total. The minimum Gasteiger partial charge on any atom is -0.463 e. The number of furan rings is 1. The summed E-state index contributed by atoms with van der Waals surface area (Å²) in [5, 5.41) is 13.3. The summed E-state index contributed by atoms with van der Waals surface area (Å²) in [5.74, 6) is 1.30. The average molecular weight is 426 g/mol. The number of ether oxygens (including phenoxy) is 1. The molecule has 3 aromatic rings. The maximum Gasteiger partial charge on any atom is 0.250 e. The van der Waals surface area contributed by atoms with E-state index < -0.39 is 0 Å². The number of aromatic nitrogens is 3. The number of carbonyl (C=O) groups excluding carboxylic acids is 1. The maximum atomic E-state index is 12.2. The fourth-order valence-corrected chi connectivity index (χ4v) is 3.90. The van der Waals surface area contributed by atoms with Gasteiger partial charge in [0.2, 0.25) is 0 Å². The van der Waals surface area contributed by atoms with E-state index in [0.29, 0.717) is 17.5 Å². The first-order valence-electron chi connectivity index (χ1n) is 9.79. The molecule has 3 heterocycles. The highest BCUT2D eigenvalue weighted by Crippen LogP contribution is 2.26. The van der Waals surface area contributed by atoms with Crippen LogP contribution in [0, 0.1) is 6.92 Å². The van der Waals surface area contributed by atoms with Crippen molar-refractivity contribution in [1.29, 1.82) is 0 Å². The molecule has 1 amide bonds. The summed E-state index contributed by atoms with van der Waals surface area (Å²) in [7, 11) is 0. The highest BCUT2D eigenvalue weighted by Gasteiger charge is 2.22. The number of benzene rings is 1. The van der Waals surface area contributed by atoms with E-state index in [1.54, 1.807) is 18.4 Å². The largest absolute Gasteiger partial charge is 0.463 e. The van der Waals surface area contributed by atoms with Crippen LogP contribution in [-0.2, 0) is 16.1 Å². The predicted molar refractivity (Wildman–Crippen MR) is 114 cm³/mol. The second kappa shape index (κ2) is 9.73. The zero-order valence-electron chi connectivity index (χ0n) is 16.7.